The van der Waals surface area contributed by atoms with Gasteiger partial charge in [0.15, 0.2) is 0 Å². The maximum Gasteiger partial charge on any atom is 0.306 e. The second-order valence-electron chi connectivity index (χ2n) is 8.25. The van der Waals surface area contributed by atoms with Crippen molar-refractivity contribution in [3.63, 3.8) is 0 Å². The molecule has 1 fully saturated rings. The van der Waals surface area contributed by atoms with Crippen molar-refractivity contribution in [1.29, 1.82) is 0 Å². The molecule has 5 rings (SSSR count). The molecular formula is C25H22FN5O3S. The molecule has 10 heteroatoms. The number of nitrogens with zero attached hydrogens (tertiary/aromatic N) is 4. The van der Waals surface area contributed by atoms with E-state index in [2.05, 4.69) is 25.1 Å². The molecule has 4 aromatic rings. The summed E-state index contributed by atoms with van der Waals surface area (Å²) in [4.78, 5) is 33.3. The minimum absolute atomic E-state index is 0.240. The number of nitrogens with one attached hydrogen (secondary N) is 1. The summed E-state index contributed by atoms with van der Waals surface area (Å²) in [6, 6.07) is 9.84. The zero-order chi connectivity index (χ0) is 24.4. The van der Waals surface area contributed by atoms with Crippen molar-refractivity contribution >= 4 is 34.5 Å². The number of ether oxygens (including phenoxy) is 1. The van der Waals surface area contributed by atoms with Crippen molar-refractivity contribution in [3.05, 3.63) is 78.1 Å². The molecule has 1 aliphatic carbocycles. The number of carbonyl (C=O) groups is 2. The summed E-state index contributed by atoms with van der Waals surface area (Å²) in [5.74, 6) is -0.235. The topological polar surface area (TPSA) is 99.0 Å². The van der Waals surface area contributed by atoms with E-state index in [1.165, 1.54) is 37.2 Å². The highest BCUT2D eigenvalue weighted by Crippen LogP contribution is 2.45. The summed E-state index contributed by atoms with van der Waals surface area (Å²) in [5, 5.41) is 9.02. The molecule has 0 atom stereocenters. The molecule has 1 aliphatic rings. The van der Waals surface area contributed by atoms with E-state index in [1.807, 2.05) is 12.1 Å². The van der Waals surface area contributed by atoms with Crippen LogP contribution >= 0.6 is 11.8 Å². The molecule has 35 heavy (non-hydrogen) atoms. The molecule has 0 saturated heterocycles. The van der Waals surface area contributed by atoms with Crippen LogP contribution in [0.15, 0.2) is 66.2 Å². The number of methoxy groups -OCH3 is 1. The number of hydrogen-bond donors (Lipinski definition) is 1. The molecule has 1 saturated carbocycles. The number of fused-ring (bicyclic) bond motifs is 1. The lowest BCUT2D eigenvalue weighted by Crippen LogP contribution is -2.35. The summed E-state index contributed by atoms with van der Waals surface area (Å²) < 4.78 is 19.6. The average Bonchev–Trinajstić information content (AvgIpc) is 3.53. The lowest BCUT2D eigenvalue weighted by molar-refractivity contribution is -0.140. The fourth-order valence-electron chi connectivity index (χ4n) is 3.90. The van der Waals surface area contributed by atoms with Crippen molar-refractivity contribution in [2.24, 2.45) is 0 Å². The van der Waals surface area contributed by atoms with Gasteiger partial charge in [-0.2, -0.15) is 5.10 Å². The number of amides is 1. The number of thioether (sulfide) groups is 1. The number of aromatic nitrogens is 4. The van der Waals surface area contributed by atoms with E-state index in [0.29, 0.717) is 34.3 Å². The summed E-state index contributed by atoms with van der Waals surface area (Å²) in [6.07, 6.45) is 8.51. The summed E-state index contributed by atoms with van der Waals surface area (Å²) in [5.41, 5.74) is 2.23. The lowest BCUT2D eigenvalue weighted by atomic mass is 10.1. The Balaban J connectivity index is 1.32. The first-order valence-electron chi connectivity index (χ1n) is 11.1. The maximum atomic E-state index is 13.3. The normalized spacial score (nSPS) is 14.0. The van der Waals surface area contributed by atoms with E-state index in [-0.39, 0.29) is 17.7 Å². The lowest BCUT2D eigenvalue weighted by Gasteiger charge is -2.18. The van der Waals surface area contributed by atoms with Crippen LogP contribution in [0.3, 0.4) is 0 Å². The Morgan fingerprint density at radius 3 is 2.60 bits per heavy atom. The van der Waals surface area contributed by atoms with Crippen LogP contribution in [0.2, 0.25) is 0 Å². The summed E-state index contributed by atoms with van der Waals surface area (Å²) in [7, 11) is 1.37. The van der Waals surface area contributed by atoms with Gasteiger partial charge < -0.3 is 10.1 Å². The molecular weight excluding hydrogens is 469 g/mol. The third kappa shape index (κ3) is 4.74. The minimum atomic E-state index is -0.464. The van der Waals surface area contributed by atoms with Gasteiger partial charge in [0.05, 0.1) is 53.3 Å². The van der Waals surface area contributed by atoms with E-state index < -0.39 is 5.54 Å². The molecule has 0 radical (unpaired) electrons. The molecule has 3 aromatic heterocycles. The molecule has 8 nitrogen and oxygen atoms in total. The van der Waals surface area contributed by atoms with Gasteiger partial charge in [-0.1, -0.05) is 6.07 Å². The number of benzene rings is 1. The molecule has 0 spiro atoms. The van der Waals surface area contributed by atoms with Crippen LogP contribution in [0.4, 0.5) is 4.39 Å². The van der Waals surface area contributed by atoms with E-state index in [4.69, 9.17) is 0 Å². The predicted molar refractivity (Wildman–Crippen MR) is 129 cm³/mol. The largest absolute Gasteiger partial charge is 0.469 e. The number of esters is 1. The number of halogens is 1. The van der Waals surface area contributed by atoms with Gasteiger partial charge in [0, 0.05) is 23.5 Å². The molecule has 3 heterocycles. The van der Waals surface area contributed by atoms with Crippen LogP contribution in [0.1, 0.15) is 35.2 Å². The third-order valence-corrected chi connectivity index (χ3v) is 6.93. The molecule has 1 N–H and O–H groups in total. The minimum Gasteiger partial charge on any atom is -0.469 e. The van der Waals surface area contributed by atoms with Gasteiger partial charge >= 0.3 is 5.97 Å². The Morgan fingerprint density at radius 2 is 1.91 bits per heavy atom. The number of hydrogen-bond acceptors (Lipinski definition) is 7. The molecule has 0 bridgehead atoms. The molecule has 0 unspecified atom stereocenters. The Morgan fingerprint density at radius 1 is 1.11 bits per heavy atom. The van der Waals surface area contributed by atoms with Crippen molar-refractivity contribution in [2.45, 2.75) is 29.8 Å². The first-order chi connectivity index (χ1) is 17.0. The number of carbonyl (C=O) groups excluding carboxylic acids is 2. The Kier molecular flexibility index (Phi) is 6.21. The highest BCUT2D eigenvalue weighted by molar-refractivity contribution is 7.99. The first kappa shape index (κ1) is 23.0. The molecule has 178 valence electrons. The van der Waals surface area contributed by atoms with Gasteiger partial charge in [-0.25, -0.2) is 14.1 Å². The van der Waals surface area contributed by atoms with Crippen LogP contribution in [-0.2, 0) is 15.1 Å². The maximum absolute atomic E-state index is 13.3. The zero-order valence-electron chi connectivity index (χ0n) is 18.9. The predicted octanol–water partition coefficient (Wildman–Crippen LogP) is 4.03. The third-order valence-electron chi connectivity index (χ3n) is 5.99. The zero-order valence-corrected chi connectivity index (χ0v) is 19.7. The second kappa shape index (κ2) is 9.46. The van der Waals surface area contributed by atoms with Gasteiger partial charge in [-0.3, -0.25) is 14.6 Å². The summed E-state index contributed by atoms with van der Waals surface area (Å²) in [6.45, 7) is 0. The van der Waals surface area contributed by atoms with Gasteiger partial charge in [0.25, 0.3) is 5.91 Å². The fraction of sp³-hybridized carbons (Fsp3) is 0.240. The van der Waals surface area contributed by atoms with Crippen molar-refractivity contribution in [2.75, 3.05) is 12.9 Å². The number of pyridine rings is 2. The van der Waals surface area contributed by atoms with Crippen molar-refractivity contribution in [1.82, 2.24) is 25.1 Å². The van der Waals surface area contributed by atoms with Crippen LogP contribution in [0, 0.1) is 5.82 Å². The van der Waals surface area contributed by atoms with Crippen molar-refractivity contribution in [3.8, 4) is 5.69 Å². The smallest absolute Gasteiger partial charge is 0.306 e. The van der Waals surface area contributed by atoms with Crippen LogP contribution in [-0.4, -0.2) is 44.5 Å². The van der Waals surface area contributed by atoms with Gasteiger partial charge in [0.2, 0.25) is 0 Å². The van der Waals surface area contributed by atoms with Crippen LogP contribution < -0.4 is 5.32 Å². The van der Waals surface area contributed by atoms with Crippen molar-refractivity contribution < 1.29 is 18.7 Å². The standard InChI is InChI=1S/C25H22FN5O3S/c1-34-23(32)8-11-35-22-7-2-16(12-28-22)25(9-10-25)30-24(33)20-13-27-15-21-19(20)14-29-31(21)18-5-3-17(26)4-6-18/h2-7,12-15H,8-11H2,1H3,(H,30,33). The average molecular weight is 492 g/mol. The molecule has 1 amide bonds. The van der Waals surface area contributed by atoms with Crippen LogP contribution in [0.5, 0.6) is 0 Å². The molecule has 1 aromatic carbocycles. The van der Waals surface area contributed by atoms with E-state index in [0.717, 1.165) is 23.4 Å². The SMILES string of the molecule is COC(=O)CCSc1ccc(C2(NC(=O)c3cncc4c3cnn4-c3ccc(F)cc3)CC2)cn1. The quantitative estimate of drug-likeness (QED) is 0.293. The van der Waals surface area contributed by atoms with E-state index in [9.17, 15) is 14.0 Å². The molecule has 0 aliphatic heterocycles. The first-order valence-corrected chi connectivity index (χ1v) is 12.0. The number of rotatable bonds is 8. The second-order valence-corrected chi connectivity index (χ2v) is 9.36. The van der Waals surface area contributed by atoms with Gasteiger partial charge in [-0.05, 0) is 48.7 Å². The van der Waals surface area contributed by atoms with E-state index >= 15 is 0 Å². The Bertz CT molecular complexity index is 1380. The fourth-order valence-corrected chi connectivity index (χ4v) is 4.67. The summed E-state index contributed by atoms with van der Waals surface area (Å²) >= 11 is 1.48. The monoisotopic (exact) mass is 491 g/mol. The van der Waals surface area contributed by atoms with Crippen LogP contribution in [0.25, 0.3) is 16.6 Å². The highest BCUT2D eigenvalue weighted by atomic mass is 32.2. The highest BCUT2D eigenvalue weighted by Gasteiger charge is 2.46. The Hall–Kier alpha value is -3.79. The Labute approximate surface area is 204 Å². The van der Waals surface area contributed by atoms with Gasteiger partial charge in [-0.15, -0.1) is 11.8 Å². The van der Waals surface area contributed by atoms with Gasteiger partial charge in [0.1, 0.15) is 5.82 Å². The van der Waals surface area contributed by atoms with E-state index in [1.54, 1.807) is 35.4 Å².